The summed E-state index contributed by atoms with van der Waals surface area (Å²) in [5.41, 5.74) is 0.526. The topological polar surface area (TPSA) is 95.7 Å². The molecule has 0 spiro atoms. The van der Waals surface area contributed by atoms with Gasteiger partial charge in [-0.2, -0.15) is 0 Å². The Bertz CT molecular complexity index is 489. The quantitative estimate of drug-likeness (QED) is 0.649. The zero-order chi connectivity index (χ0) is 14.5. The van der Waals surface area contributed by atoms with Crippen LogP contribution in [0.15, 0.2) is 24.3 Å². The number of amides is 2. The van der Waals surface area contributed by atoms with Crippen molar-refractivity contribution >= 4 is 17.4 Å². The third-order valence-corrected chi connectivity index (χ3v) is 3.44. The van der Waals surface area contributed by atoms with E-state index in [9.17, 15) is 14.9 Å². The standard InChI is InChI=1S/C13H17N3O4/c17-8-6-10-5-7-15(9-10)13(18)14-11-1-3-12(4-2-11)16(19)20/h1-4,10,17H,5-9H2,(H,14,18)/t10-/m1/s1. The number of aliphatic hydroxyl groups is 1. The number of hydrogen-bond donors (Lipinski definition) is 2. The molecule has 1 aromatic carbocycles. The summed E-state index contributed by atoms with van der Waals surface area (Å²) >= 11 is 0. The number of benzene rings is 1. The van der Waals surface area contributed by atoms with Crippen molar-refractivity contribution in [2.45, 2.75) is 12.8 Å². The van der Waals surface area contributed by atoms with Crippen LogP contribution in [0.2, 0.25) is 0 Å². The van der Waals surface area contributed by atoms with Gasteiger partial charge in [0.05, 0.1) is 4.92 Å². The maximum atomic E-state index is 12.0. The monoisotopic (exact) mass is 279 g/mol. The number of urea groups is 1. The first-order valence-electron chi connectivity index (χ1n) is 6.51. The smallest absolute Gasteiger partial charge is 0.321 e. The van der Waals surface area contributed by atoms with E-state index >= 15 is 0 Å². The number of nitro groups is 1. The molecular formula is C13H17N3O4. The molecule has 0 unspecified atom stereocenters. The second kappa shape index (κ2) is 6.33. The zero-order valence-corrected chi connectivity index (χ0v) is 11.0. The molecule has 0 radical (unpaired) electrons. The maximum absolute atomic E-state index is 12.0. The number of aliphatic hydroxyl groups excluding tert-OH is 1. The fraction of sp³-hybridized carbons (Fsp3) is 0.462. The number of carbonyl (C=O) groups excluding carboxylic acids is 1. The summed E-state index contributed by atoms with van der Waals surface area (Å²) in [6.07, 6.45) is 1.61. The molecule has 1 aromatic rings. The SMILES string of the molecule is O=C(Nc1ccc([N+](=O)[O-])cc1)N1CC[C@H](CCO)C1. The molecule has 2 amide bonds. The summed E-state index contributed by atoms with van der Waals surface area (Å²) in [5.74, 6) is 0.350. The van der Waals surface area contributed by atoms with Gasteiger partial charge in [0, 0.05) is 37.5 Å². The highest BCUT2D eigenvalue weighted by molar-refractivity contribution is 5.89. The third-order valence-electron chi connectivity index (χ3n) is 3.44. The Kier molecular flexibility index (Phi) is 4.52. The normalized spacial score (nSPS) is 18.1. The lowest BCUT2D eigenvalue weighted by molar-refractivity contribution is -0.384. The second-order valence-electron chi connectivity index (χ2n) is 4.85. The summed E-state index contributed by atoms with van der Waals surface area (Å²) < 4.78 is 0. The average molecular weight is 279 g/mol. The van der Waals surface area contributed by atoms with Crippen LogP contribution in [-0.2, 0) is 0 Å². The molecule has 0 aliphatic carbocycles. The summed E-state index contributed by atoms with van der Waals surface area (Å²) in [7, 11) is 0. The fourth-order valence-electron chi connectivity index (χ4n) is 2.30. The number of likely N-dealkylation sites (tertiary alicyclic amines) is 1. The molecule has 108 valence electrons. The molecule has 20 heavy (non-hydrogen) atoms. The largest absolute Gasteiger partial charge is 0.396 e. The minimum atomic E-state index is -0.481. The lowest BCUT2D eigenvalue weighted by Gasteiger charge is -2.17. The van der Waals surface area contributed by atoms with Gasteiger partial charge in [0.2, 0.25) is 0 Å². The number of anilines is 1. The summed E-state index contributed by atoms with van der Waals surface area (Å²) in [5, 5.41) is 22.1. The van der Waals surface area contributed by atoms with E-state index in [0.29, 0.717) is 31.1 Å². The van der Waals surface area contributed by atoms with Crippen LogP contribution >= 0.6 is 0 Å². The van der Waals surface area contributed by atoms with Crippen molar-refractivity contribution in [1.29, 1.82) is 0 Å². The lowest BCUT2D eigenvalue weighted by atomic mass is 10.1. The molecular weight excluding hydrogens is 262 g/mol. The van der Waals surface area contributed by atoms with Gasteiger partial charge < -0.3 is 15.3 Å². The van der Waals surface area contributed by atoms with Gasteiger partial charge in [0.15, 0.2) is 0 Å². The molecule has 0 saturated carbocycles. The first-order valence-corrected chi connectivity index (χ1v) is 6.51. The summed E-state index contributed by atoms with van der Waals surface area (Å²) in [6.45, 7) is 1.45. The highest BCUT2D eigenvalue weighted by Gasteiger charge is 2.25. The van der Waals surface area contributed by atoms with Crippen LogP contribution in [-0.4, -0.2) is 40.7 Å². The first-order chi connectivity index (χ1) is 9.60. The van der Waals surface area contributed by atoms with Crippen LogP contribution in [0.25, 0.3) is 0 Å². The molecule has 1 heterocycles. The van der Waals surface area contributed by atoms with Gasteiger partial charge in [0.25, 0.3) is 5.69 Å². The maximum Gasteiger partial charge on any atom is 0.321 e. The minimum absolute atomic E-state index is 0.00724. The van der Waals surface area contributed by atoms with Crippen molar-refractivity contribution in [3.63, 3.8) is 0 Å². The van der Waals surface area contributed by atoms with Crippen LogP contribution in [0, 0.1) is 16.0 Å². The summed E-state index contributed by atoms with van der Waals surface area (Å²) in [4.78, 5) is 23.7. The number of hydrogen-bond acceptors (Lipinski definition) is 4. The molecule has 1 fully saturated rings. The van der Waals surface area contributed by atoms with Crippen LogP contribution < -0.4 is 5.32 Å². The van der Waals surface area contributed by atoms with E-state index in [0.717, 1.165) is 6.42 Å². The van der Waals surface area contributed by atoms with Gasteiger partial charge in [-0.15, -0.1) is 0 Å². The molecule has 7 heteroatoms. The number of non-ortho nitro benzene ring substituents is 1. The molecule has 1 atom stereocenters. The number of carbonyl (C=O) groups is 1. The van der Waals surface area contributed by atoms with Crippen molar-refractivity contribution in [1.82, 2.24) is 4.90 Å². The predicted molar refractivity (Wildman–Crippen MR) is 73.5 cm³/mol. The van der Waals surface area contributed by atoms with Crippen molar-refractivity contribution < 1.29 is 14.8 Å². The molecule has 7 nitrogen and oxygen atoms in total. The van der Waals surface area contributed by atoms with Crippen LogP contribution in [0.4, 0.5) is 16.2 Å². The van der Waals surface area contributed by atoms with E-state index < -0.39 is 4.92 Å². The number of nitrogens with one attached hydrogen (secondary N) is 1. The molecule has 1 aliphatic rings. The Morgan fingerprint density at radius 3 is 2.75 bits per heavy atom. The third kappa shape index (κ3) is 3.45. The molecule has 2 N–H and O–H groups in total. The zero-order valence-electron chi connectivity index (χ0n) is 11.0. The summed E-state index contributed by atoms with van der Waals surface area (Å²) in [6, 6.07) is 5.52. The van der Waals surface area contributed by atoms with Crippen molar-refractivity contribution in [3.05, 3.63) is 34.4 Å². The number of nitro benzene ring substituents is 1. The first kappa shape index (κ1) is 14.3. The molecule has 2 rings (SSSR count). The number of rotatable bonds is 4. The highest BCUT2D eigenvalue weighted by atomic mass is 16.6. The fourth-order valence-corrected chi connectivity index (χ4v) is 2.30. The van der Waals surface area contributed by atoms with Gasteiger partial charge in [0.1, 0.15) is 0 Å². The Morgan fingerprint density at radius 2 is 2.15 bits per heavy atom. The highest BCUT2D eigenvalue weighted by Crippen LogP contribution is 2.21. The van der Waals surface area contributed by atoms with E-state index in [2.05, 4.69) is 5.32 Å². The van der Waals surface area contributed by atoms with Crippen LogP contribution in [0.1, 0.15) is 12.8 Å². The predicted octanol–water partition coefficient (Wildman–Crippen LogP) is 1.83. The van der Waals surface area contributed by atoms with Gasteiger partial charge in [-0.25, -0.2) is 4.79 Å². The van der Waals surface area contributed by atoms with E-state index in [1.807, 2.05) is 0 Å². The van der Waals surface area contributed by atoms with Gasteiger partial charge in [-0.05, 0) is 30.9 Å². The average Bonchev–Trinajstić information content (AvgIpc) is 2.88. The van der Waals surface area contributed by atoms with Crippen molar-refractivity contribution in [2.75, 3.05) is 25.0 Å². The van der Waals surface area contributed by atoms with Crippen LogP contribution in [0.5, 0.6) is 0 Å². The Hall–Kier alpha value is -2.15. The van der Waals surface area contributed by atoms with Gasteiger partial charge >= 0.3 is 6.03 Å². The van der Waals surface area contributed by atoms with Crippen molar-refractivity contribution in [2.24, 2.45) is 5.92 Å². The minimum Gasteiger partial charge on any atom is -0.396 e. The van der Waals surface area contributed by atoms with Crippen LogP contribution in [0.3, 0.4) is 0 Å². The Balaban J connectivity index is 1.90. The Morgan fingerprint density at radius 1 is 1.45 bits per heavy atom. The second-order valence-corrected chi connectivity index (χ2v) is 4.85. The lowest BCUT2D eigenvalue weighted by Crippen LogP contribution is -2.33. The van der Waals surface area contributed by atoms with E-state index in [4.69, 9.17) is 5.11 Å². The van der Waals surface area contributed by atoms with E-state index in [1.165, 1.54) is 24.3 Å². The van der Waals surface area contributed by atoms with Gasteiger partial charge in [-0.3, -0.25) is 10.1 Å². The molecule has 1 saturated heterocycles. The Labute approximate surface area is 116 Å². The van der Waals surface area contributed by atoms with Gasteiger partial charge in [-0.1, -0.05) is 0 Å². The van der Waals surface area contributed by atoms with E-state index in [-0.39, 0.29) is 18.3 Å². The number of nitrogens with zero attached hydrogens (tertiary/aromatic N) is 2. The molecule has 0 bridgehead atoms. The van der Waals surface area contributed by atoms with Crippen molar-refractivity contribution in [3.8, 4) is 0 Å². The molecule has 1 aliphatic heterocycles. The molecule has 0 aromatic heterocycles. The van der Waals surface area contributed by atoms with E-state index in [1.54, 1.807) is 4.90 Å².